The molecule has 18 heavy (non-hydrogen) atoms. The number of hydrogen-bond donors (Lipinski definition) is 3. The van der Waals surface area contributed by atoms with Crippen molar-refractivity contribution in [3.05, 3.63) is 0 Å². The number of carbonyl (C=O) groups excluding carboxylic acids is 2. The molecule has 0 saturated carbocycles. The third-order valence-corrected chi connectivity index (χ3v) is 2.42. The zero-order valence-electron chi connectivity index (χ0n) is 9.98. The average molecular weight is 264 g/mol. The van der Waals surface area contributed by atoms with Gasteiger partial charge in [0.1, 0.15) is 12.2 Å². The highest BCUT2D eigenvalue weighted by Crippen LogP contribution is 2.24. The smallest absolute Gasteiger partial charge is 0.303 e. The first-order valence-corrected chi connectivity index (χ1v) is 5.33. The summed E-state index contributed by atoms with van der Waals surface area (Å²) in [6, 6.07) is 0. The lowest BCUT2D eigenvalue weighted by Crippen LogP contribution is -2.60. The van der Waals surface area contributed by atoms with Crippen LogP contribution in [0.3, 0.4) is 0 Å². The lowest BCUT2D eigenvalue weighted by Gasteiger charge is -2.40. The zero-order valence-corrected chi connectivity index (χ0v) is 9.98. The van der Waals surface area contributed by atoms with Crippen LogP contribution in [0.5, 0.6) is 0 Å². The van der Waals surface area contributed by atoms with E-state index in [0.717, 1.165) is 13.8 Å². The molecule has 1 rings (SSSR count). The molecule has 5 atom stereocenters. The molecule has 104 valence electrons. The molecule has 0 aromatic rings. The molecule has 1 aliphatic heterocycles. The third-order valence-electron chi connectivity index (χ3n) is 2.42. The van der Waals surface area contributed by atoms with Gasteiger partial charge in [0.05, 0.1) is 6.61 Å². The number of carbonyl (C=O) groups is 2. The van der Waals surface area contributed by atoms with Gasteiger partial charge in [-0.05, 0) is 0 Å². The van der Waals surface area contributed by atoms with Crippen LogP contribution in [0, 0.1) is 0 Å². The Hall–Kier alpha value is -1.22. The van der Waals surface area contributed by atoms with Gasteiger partial charge in [0.25, 0.3) is 0 Å². The van der Waals surface area contributed by atoms with Crippen molar-refractivity contribution in [3.8, 4) is 0 Å². The van der Waals surface area contributed by atoms with Gasteiger partial charge in [-0.2, -0.15) is 0 Å². The first kappa shape index (κ1) is 14.8. The summed E-state index contributed by atoms with van der Waals surface area (Å²) in [6.07, 6.45) is -6.78. The summed E-state index contributed by atoms with van der Waals surface area (Å²) in [4.78, 5) is 21.8. The minimum atomic E-state index is -1.60. The van der Waals surface area contributed by atoms with E-state index in [1.54, 1.807) is 0 Å². The molecule has 3 N–H and O–H groups in total. The lowest BCUT2D eigenvalue weighted by atomic mass is 9.99. The Morgan fingerprint density at radius 1 is 1.11 bits per heavy atom. The number of rotatable bonds is 3. The molecule has 0 aliphatic carbocycles. The van der Waals surface area contributed by atoms with Gasteiger partial charge in [0.2, 0.25) is 0 Å². The number of hydrogen-bond acceptors (Lipinski definition) is 8. The largest absolute Gasteiger partial charge is 0.455 e. The Morgan fingerprint density at radius 2 is 1.61 bits per heavy atom. The Morgan fingerprint density at radius 3 is 2.06 bits per heavy atom. The van der Waals surface area contributed by atoms with Gasteiger partial charge >= 0.3 is 11.9 Å². The molecule has 1 unspecified atom stereocenters. The quantitative estimate of drug-likeness (QED) is 0.496. The van der Waals surface area contributed by atoms with Gasteiger partial charge in [-0.1, -0.05) is 0 Å². The van der Waals surface area contributed by atoms with Crippen molar-refractivity contribution < 1.29 is 39.1 Å². The highest BCUT2D eigenvalue weighted by molar-refractivity contribution is 5.67. The summed E-state index contributed by atoms with van der Waals surface area (Å²) in [6.45, 7) is 1.62. The molecule has 0 bridgehead atoms. The second kappa shape index (κ2) is 6.10. The SMILES string of the molecule is CC(=O)O[C@H]1[C@H](O)[C@@H](CO)OC(O)[C@H]1OC(C)=O. The van der Waals surface area contributed by atoms with Crippen LogP contribution in [0.2, 0.25) is 0 Å². The average Bonchev–Trinajstić information content (AvgIpc) is 2.27. The van der Waals surface area contributed by atoms with E-state index in [9.17, 15) is 19.8 Å². The molecule has 0 spiro atoms. The van der Waals surface area contributed by atoms with Gasteiger partial charge in [-0.3, -0.25) is 9.59 Å². The van der Waals surface area contributed by atoms with E-state index in [4.69, 9.17) is 19.3 Å². The summed E-state index contributed by atoms with van der Waals surface area (Å²) >= 11 is 0. The summed E-state index contributed by atoms with van der Waals surface area (Å²) < 4.78 is 14.4. The van der Waals surface area contributed by atoms with Crippen LogP contribution in [-0.4, -0.2) is 64.6 Å². The minimum Gasteiger partial charge on any atom is -0.455 e. The van der Waals surface area contributed by atoms with E-state index in [1.807, 2.05) is 0 Å². The fourth-order valence-corrected chi connectivity index (χ4v) is 1.70. The van der Waals surface area contributed by atoms with Crippen molar-refractivity contribution in [1.82, 2.24) is 0 Å². The topological polar surface area (TPSA) is 123 Å². The van der Waals surface area contributed by atoms with Crippen molar-refractivity contribution in [2.75, 3.05) is 6.61 Å². The van der Waals surface area contributed by atoms with Crippen LogP contribution in [0.15, 0.2) is 0 Å². The van der Waals surface area contributed by atoms with Gasteiger partial charge in [0, 0.05) is 13.8 Å². The molecule has 0 aromatic heterocycles. The maximum atomic E-state index is 10.9. The van der Waals surface area contributed by atoms with Crippen LogP contribution in [-0.2, 0) is 23.8 Å². The molecular formula is C10H16O8. The molecule has 0 amide bonds. The van der Waals surface area contributed by atoms with Crippen molar-refractivity contribution >= 4 is 11.9 Å². The molecule has 0 radical (unpaired) electrons. The minimum absolute atomic E-state index is 0.581. The number of aliphatic hydroxyl groups excluding tert-OH is 3. The Labute approximate surface area is 103 Å². The summed E-state index contributed by atoms with van der Waals surface area (Å²) in [5, 5.41) is 28.4. The second-order valence-corrected chi connectivity index (χ2v) is 3.89. The Bertz CT molecular complexity index is 317. The highest BCUT2D eigenvalue weighted by atomic mass is 16.7. The number of ether oxygens (including phenoxy) is 3. The third kappa shape index (κ3) is 3.39. The van der Waals surface area contributed by atoms with E-state index in [2.05, 4.69) is 0 Å². The van der Waals surface area contributed by atoms with Crippen molar-refractivity contribution in [2.45, 2.75) is 44.6 Å². The molecule has 1 fully saturated rings. The van der Waals surface area contributed by atoms with Crippen LogP contribution >= 0.6 is 0 Å². The highest BCUT2D eigenvalue weighted by Gasteiger charge is 2.48. The Balaban J connectivity index is 2.89. The maximum Gasteiger partial charge on any atom is 0.303 e. The molecule has 1 aliphatic rings. The van der Waals surface area contributed by atoms with E-state index >= 15 is 0 Å². The van der Waals surface area contributed by atoms with E-state index in [-0.39, 0.29) is 0 Å². The second-order valence-electron chi connectivity index (χ2n) is 3.89. The lowest BCUT2D eigenvalue weighted by molar-refractivity contribution is -0.293. The Kier molecular flexibility index (Phi) is 5.03. The molecule has 0 aromatic carbocycles. The summed E-state index contributed by atoms with van der Waals surface area (Å²) in [7, 11) is 0. The van der Waals surface area contributed by atoms with Gasteiger partial charge in [-0.25, -0.2) is 0 Å². The molecule has 8 nitrogen and oxygen atoms in total. The summed E-state index contributed by atoms with van der Waals surface area (Å²) in [5.74, 6) is -1.45. The first-order chi connectivity index (χ1) is 8.36. The standard InChI is InChI=1S/C10H16O8/c1-4(12)16-8-7(14)6(3-11)18-10(15)9(8)17-5(2)13/h6-11,14-15H,3H2,1-2H3/t6-,7-,8+,9+,10?/m1/s1. The van der Waals surface area contributed by atoms with E-state index in [0.29, 0.717) is 0 Å². The van der Waals surface area contributed by atoms with Crippen LogP contribution in [0.4, 0.5) is 0 Å². The summed E-state index contributed by atoms with van der Waals surface area (Å²) in [5.41, 5.74) is 0. The molecule has 1 saturated heterocycles. The van der Waals surface area contributed by atoms with E-state index < -0.39 is 49.3 Å². The molecule has 8 heteroatoms. The van der Waals surface area contributed by atoms with Gasteiger partial charge < -0.3 is 29.5 Å². The normalized spacial score (nSPS) is 35.9. The predicted molar refractivity (Wildman–Crippen MR) is 55.1 cm³/mol. The number of aliphatic hydroxyl groups is 3. The zero-order chi connectivity index (χ0) is 13.9. The monoisotopic (exact) mass is 264 g/mol. The predicted octanol–water partition coefficient (Wildman–Crippen LogP) is -2.08. The van der Waals surface area contributed by atoms with Crippen LogP contribution in [0.1, 0.15) is 13.8 Å². The maximum absolute atomic E-state index is 10.9. The van der Waals surface area contributed by atoms with Gasteiger partial charge in [-0.15, -0.1) is 0 Å². The van der Waals surface area contributed by atoms with Crippen molar-refractivity contribution in [3.63, 3.8) is 0 Å². The number of esters is 2. The van der Waals surface area contributed by atoms with Crippen molar-refractivity contribution in [1.29, 1.82) is 0 Å². The fourth-order valence-electron chi connectivity index (χ4n) is 1.70. The molecular weight excluding hydrogens is 248 g/mol. The van der Waals surface area contributed by atoms with Crippen molar-refractivity contribution in [2.24, 2.45) is 0 Å². The van der Waals surface area contributed by atoms with Crippen LogP contribution in [0.25, 0.3) is 0 Å². The first-order valence-electron chi connectivity index (χ1n) is 5.33. The van der Waals surface area contributed by atoms with Gasteiger partial charge in [0.15, 0.2) is 18.5 Å². The molecule has 1 heterocycles. The fraction of sp³-hybridized carbons (Fsp3) is 0.800. The van der Waals surface area contributed by atoms with E-state index in [1.165, 1.54) is 0 Å². The van der Waals surface area contributed by atoms with Crippen LogP contribution < -0.4 is 0 Å².